The Balaban J connectivity index is 2.07. The molecule has 140 valence electrons. The van der Waals surface area contributed by atoms with Crippen LogP contribution in [-0.2, 0) is 0 Å². The second-order valence-electron chi connectivity index (χ2n) is 5.61. The third-order valence-corrected chi connectivity index (χ3v) is 3.79. The molecule has 0 fully saturated rings. The molecule has 0 spiro atoms. The van der Waals surface area contributed by atoms with Crippen molar-refractivity contribution in [1.29, 1.82) is 0 Å². The zero-order valence-electron chi connectivity index (χ0n) is 14.5. The van der Waals surface area contributed by atoms with Gasteiger partial charge in [-0.05, 0) is 24.6 Å². The molecule has 26 heavy (non-hydrogen) atoms. The van der Waals surface area contributed by atoms with E-state index in [4.69, 9.17) is 0 Å². The summed E-state index contributed by atoms with van der Waals surface area (Å²) < 4.78 is 41.0. The van der Waals surface area contributed by atoms with E-state index in [1.807, 2.05) is 0 Å². The monoisotopic (exact) mass is 368 g/mol. The molecule has 0 saturated carbocycles. The van der Waals surface area contributed by atoms with Gasteiger partial charge in [-0.1, -0.05) is 6.07 Å². The van der Waals surface area contributed by atoms with E-state index in [1.54, 1.807) is 39.2 Å². The van der Waals surface area contributed by atoms with Crippen LogP contribution >= 0.6 is 0 Å². The topological polar surface area (TPSA) is 67.4 Å². The molecule has 0 bridgehead atoms. The molecule has 0 aliphatic carbocycles. The van der Waals surface area contributed by atoms with E-state index in [2.05, 4.69) is 20.0 Å². The van der Waals surface area contributed by atoms with Gasteiger partial charge in [-0.3, -0.25) is 4.79 Å². The maximum atomic E-state index is 12.6. The van der Waals surface area contributed by atoms with Gasteiger partial charge in [-0.2, -0.15) is 13.2 Å². The molecule has 0 aliphatic rings. The van der Waals surface area contributed by atoms with Crippen LogP contribution in [0.4, 0.5) is 19.0 Å². The van der Waals surface area contributed by atoms with E-state index < -0.39 is 12.8 Å². The number of pyridine rings is 2. The molecule has 2 rings (SSSR count). The molecule has 6 nitrogen and oxygen atoms in total. The Morgan fingerprint density at radius 2 is 2.04 bits per heavy atom. The lowest BCUT2D eigenvalue weighted by atomic mass is 10.1. The van der Waals surface area contributed by atoms with Gasteiger partial charge in [0.1, 0.15) is 5.82 Å². The quantitative estimate of drug-likeness (QED) is 0.848. The number of hydrogen-bond donors (Lipinski definition) is 1. The van der Waals surface area contributed by atoms with E-state index >= 15 is 0 Å². The lowest BCUT2D eigenvalue weighted by Crippen LogP contribution is -2.29. The van der Waals surface area contributed by atoms with Crippen molar-refractivity contribution < 1.29 is 22.7 Å². The Bertz CT molecular complexity index is 750. The highest BCUT2D eigenvalue weighted by Gasteiger charge is 2.28. The molecule has 1 unspecified atom stereocenters. The summed E-state index contributed by atoms with van der Waals surface area (Å²) in [4.78, 5) is 22.0. The number of rotatable bonds is 6. The fraction of sp³-hybridized carbons (Fsp3) is 0.353. The SMILES string of the molecule is CNc1cc(C(=O)N(C)C(C)c2ccc(OCC(F)(F)F)nc2)ccn1. The van der Waals surface area contributed by atoms with Gasteiger partial charge >= 0.3 is 6.18 Å². The molecule has 0 aliphatic heterocycles. The number of aromatic nitrogens is 2. The van der Waals surface area contributed by atoms with Crippen LogP contribution in [0.15, 0.2) is 36.7 Å². The molecule has 0 aromatic carbocycles. The number of halogens is 3. The summed E-state index contributed by atoms with van der Waals surface area (Å²) in [5.41, 5.74) is 1.14. The van der Waals surface area contributed by atoms with Crippen LogP contribution in [0.3, 0.4) is 0 Å². The van der Waals surface area contributed by atoms with Crippen molar-refractivity contribution in [3.63, 3.8) is 0 Å². The number of carbonyl (C=O) groups is 1. The first-order valence-corrected chi connectivity index (χ1v) is 7.77. The number of alkyl halides is 3. The molecule has 2 aromatic heterocycles. The van der Waals surface area contributed by atoms with Gasteiger partial charge in [0.2, 0.25) is 5.88 Å². The number of amides is 1. The fourth-order valence-electron chi connectivity index (χ4n) is 2.18. The van der Waals surface area contributed by atoms with Crippen LogP contribution in [0.1, 0.15) is 28.9 Å². The van der Waals surface area contributed by atoms with Gasteiger partial charge in [0.15, 0.2) is 6.61 Å². The second-order valence-corrected chi connectivity index (χ2v) is 5.61. The number of ether oxygens (including phenoxy) is 1. The highest BCUT2D eigenvalue weighted by atomic mass is 19.4. The highest BCUT2D eigenvalue weighted by molar-refractivity contribution is 5.94. The van der Waals surface area contributed by atoms with Gasteiger partial charge in [0.05, 0.1) is 6.04 Å². The van der Waals surface area contributed by atoms with Crippen LogP contribution in [-0.4, -0.2) is 47.7 Å². The van der Waals surface area contributed by atoms with E-state index in [9.17, 15) is 18.0 Å². The van der Waals surface area contributed by atoms with Crippen LogP contribution in [0, 0.1) is 0 Å². The summed E-state index contributed by atoms with van der Waals surface area (Å²) >= 11 is 0. The summed E-state index contributed by atoms with van der Waals surface area (Å²) in [6.07, 6.45) is -1.49. The van der Waals surface area contributed by atoms with Crippen molar-refractivity contribution in [1.82, 2.24) is 14.9 Å². The number of carbonyl (C=O) groups excluding carboxylic acids is 1. The zero-order valence-corrected chi connectivity index (χ0v) is 14.5. The van der Waals surface area contributed by atoms with E-state index in [-0.39, 0.29) is 17.8 Å². The van der Waals surface area contributed by atoms with Crippen molar-refractivity contribution in [2.24, 2.45) is 0 Å². The largest absolute Gasteiger partial charge is 0.468 e. The average molecular weight is 368 g/mol. The smallest absolute Gasteiger partial charge is 0.422 e. The molecule has 2 aromatic rings. The number of nitrogens with one attached hydrogen (secondary N) is 1. The predicted molar refractivity (Wildman–Crippen MR) is 90.1 cm³/mol. The van der Waals surface area contributed by atoms with Crippen molar-refractivity contribution >= 4 is 11.7 Å². The van der Waals surface area contributed by atoms with Gasteiger partial charge < -0.3 is 15.0 Å². The second kappa shape index (κ2) is 8.03. The minimum absolute atomic E-state index is 0.125. The lowest BCUT2D eigenvalue weighted by molar-refractivity contribution is -0.154. The molecule has 9 heteroatoms. The number of hydrogen-bond acceptors (Lipinski definition) is 5. The van der Waals surface area contributed by atoms with Crippen molar-refractivity contribution in [3.05, 3.63) is 47.8 Å². The Kier molecular flexibility index (Phi) is 6.01. The Morgan fingerprint density at radius 1 is 1.31 bits per heavy atom. The minimum atomic E-state index is -4.42. The third-order valence-electron chi connectivity index (χ3n) is 3.79. The highest BCUT2D eigenvalue weighted by Crippen LogP contribution is 2.23. The normalized spacial score (nSPS) is 12.4. The first kappa shape index (κ1) is 19.5. The van der Waals surface area contributed by atoms with Crippen LogP contribution < -0.4 is 10.1 Å². The fourth-order valence-corrected chi connectivity index (χ4v) is 2.18. The molecule has 2 heterocycles. The van der Waals surface area contributed by atoms with Gasteiger partial charge in [0, 0.05) is 38.1 Å². The molecule has 0 radical (unpaired) electrons. The van der Waals surface area contributed by atoms with Crippen LogP contribution in [0.25, 0.3) is 0 Å². The van der Waals surface area contributed by atoms with Gasteiger partial charge in [0.25, 0.3) is 5.91 Å². The summed E-state index contributed by atoms with van der Waals surface area (Å²) in [5, 5.41) is 2.86. The average Bonchev–Trinajstić information content (AvgIpc) is 2.64. The molecular formula is C17H19F3N4O2. The van der Waals surface area contributed by atoms with Crippen molar-refractivity contribution in [2.45, 2.75) is 19.1 Å². The predicted octanol–water partition coefficient (Wildman–Crippen LogP) is 3.29. The van der Waals surface area contributed by atoms with E-state index in [1.165, 1.54) is 23.4 Å². The molecule has 1 amide bonds. The molecular weight excluding hydrogens is 349 g/mol. The van der Waals surface area contributed by atoms with E-state index in [0.717, 1.165) is 0 Å². The maximum Gasteiger partial charge on any atom is 0.422 e. The third kappa shape index (κ3) is 5.08. The summed E-state index contributed by atoms with van der Waals surface area (Å²) in [6, 6.07) is 5.84. The number of nitrogens with zero attached hydrogens (tertiary/aromatic N) is 3. The Morgan fingerprint density at radius 3 is 2.62 bits per heavy atom. The van der Waals surface area contributed by atoms with E-state index in [0.29, 0.717) is 16.9 Å². The van der Waals surface area contributed by atoms with Crippen molar-refractivity contribution in [3.8, 4) is 5.88 Å². The lowest BCUT2D eigenvalue weighted by Gasteiger charge is -2.25. The first-order valence-electron chi connectivity index (χ1n) is 7.77. The standard InChI is InChI=1S/C17H19F3N4O2/c1-11(13-4-5-15(23-9-13)26-10-17(18,19)20)24(3)16(25)12-6-7-22-14(8-12)21-2/h4-9,11H,10H2,1-3H3,(H,21,22). The maximum absolute atomic E-state index is 12.6. The summed E-state index contributed by atoms with van der Waals surface area (Å²) in [6.45, 7) is 0.397. The Hall–Kier alpha value is -2.84. The van der Waals surface area contributed by atoms with Gasteiger partial charge in [-0.15, -0.1) is 0 Å². The first-order chi connectivity index (χ1) is 12.2. The minimum Gasteiger partial charge on any atom is -0.468 e. The van der Waals surface area contributed by atoms with Gasteiger partial charge in [-0.25, -0.2) is 9.97 Å². The van der Waals surface area contributed by atoms with Crippen LogP contribution in [0.2, 0.25) is 0 Å². The molecule has 0 saturated heterocycles. The zero-order chi connectivity index (χ0) is 19.3. The summed E-state index contributed by atoms with van der Waals surface area (Å²) in [5.74, 6) is 0.235. The molecule has 1 atom stereocenters. The Labute approximate surface area is 149 Å². The summed E-state index contributed by atoms with van der Waals surface area (Å²) in [7, 11) is 3.34. The van der Waals surface area contributed by atoms with Crippen molar-refractivity contribution in [2.75, 3.05) is 26.0 Å². The molecule has 1 N–H and O–H groups in total. The van der Waals surface area contributed by atoms with Crippen LogP contribution in [0.5, 0.6) is 5.88 Å². The number of anilines is 1.